The van der Waals surface area contributed by atoms with Crippen molar-refractivity contribution in [1.82, 2.24) is 25.1 Å². The molecule has 1 N–H and O–H groups in total. The van der Waals surface area contributed by atoms with E-state index in [1.165, 1.54) is 11.1 Å². The molecule has 0 fully saturated rings. The first kappa shape index (κ1) is 20.1. The van der Waals surface area contributed by atoms with Crippen molar-refractivity contribution in [2.24, 2.45) is 0 Å². The number of rotatable bonds is 7. The normalized spacial score (nSPS) is 11.0. The van der Waals surface area contributed by atoms with E-state index in [1.807, 2.05) is 43.3 Å². The first-order valence-corrected chi connectivity index (χ1v) is 10.8. The fourth-order valence-corrected chi connectivity index (χ4v) is 3.90. The van der Waals surface area contributed by atoms with Gasteiger partial charge in [0.05, 0.1) is 0 Å². The number of benzene rings is 2. The first-order chi connectivity index (χ1) is 14.6. The molecular weight excluding hydrogens is 394 g/mol. The Hall–Kier alpha value is -3.19. The molecule has 0 unspecified atom stereocenters. The molecule has 0 bridgehead atoms. The second-order valence-corrected chi connectivity index (χ2v) is 8.20. The van der Waals surface area contributed by atoms with Crippen LogP contribution in [0.1, 0.15) is 32.9 Å². The highest BCUT2D eigenvalue weighted by molar-refractivity contribution is 7.98. The van der Waals surface area contributed by atoms with Gasteiger partial charge in [0.15, 0.2) is 11.5 Å². The van der Waals surface area contributed by atoms with Crippen molar-refractivity contribution in [3.8, 4) is 0 Å². The topological polar surface area (TPSA) is 72.2 Å². The van der Waals surface area contributed by atoms with Crippen LogP contribution in [0.15, 0.2) is 65.7 Å². The van der Waals surface area contributed by atoms with Crippen LogP contribution >= 0.6 is 11.8 Å². The molecule has 2 aromatic heterocycles. The van der Waals surface area contributed by atoms with Gasteiger partial charge in [0, 0.05) is 24.3 Å². The molecule has 4 aromatic rings. The van der Waals surface area contributed by atoms with Crippen LogP contribution in [0.5, 0.6) is 0 Å². The van der Waals surface area contributed by atoms with Gasteiger partial charge in [-0.2, -0.15) is 9.61 Å². The lowest BCUT2D eigenvalue weighted by Gasteiger charge is -2.06. The maximum atomic E-state index is 12.3. The highest BCUT2D eigenvalue weighted by atomic mass is 32.2. The molecule has 30 heavy (non-hydrogen) atoms. The maximum absolute atomic E-state index is 12.3. The van der Waals surface area contributed by atoms with E-state index in [9.17, 15) is 4.79 Å². The first-order valence-electron chi connectivity index (χ1n) is 9.83. The number of carbonyl (C=O) groups excluding carboxylic acids is 1. The Bertz CT molecular complexity index is 1170. The summed E-state index contributed by atoms with van der Waals surface area (Å²) < 4.78 is 1.76. The predicted octanol–water partition coefficient (Wildman–Crippen LogP) is 4.01. The summed E-state index contributed by atoms with van der Waals surface area (Å²) in [7, 11) is 0. The molecule has 0 aliphatic heterocycles. The molecule has 0 spiro atoms. The SMILES string of the molecule is Cc1ccc(C(=O)NCCc2nnc3ccc(SCc4cccc(C)c4)nn23)cc1. The second kappa shape index (κ2) is 9.09. The molecule has 0 saturated heterocycles. The van der Waals surface area contributed by atoms with E-state index >= 15 is 0 Å². The van der Waals surface area contributed by atoms with Crippen molar-refractivity contribution >= 4 is 23.3 Å². The summed E-state index contributed by atoms with van der Waals surface area (Å²) in [5.74, 6) is 1.49. The fraction of sp³-hybridized carbons (Fsp3) is 0.217. The van der Waals surface area contributed by atoms with Gasteiger partial charge in [0.2, 0.25) is 0 Å². The van der Waals surface area contributed by atoms with E-state index in [1.54, 1.807) is 16.3 Å². The zero-order chi connectivity index (χ0) is 20.9. The van der Waals surface area contributed by atoms with Crippen molar-refractivity contribution in [2.45, 2.75) is 31.0 Å². The quantitative estimate of drug-likeness (QED) is 0.460. The van der Waals surface area contributed by atoms with E-state index in [4.69, 9.17) is 0 Å². The molecule has 152 valence electrons. The third kappa shape index (κ3) is 4.86. The number of amides is 1. The molecule has 0 radical (unpaired) electrons. The average molecular weight is 418 g/mol. The maximum Gasteiger partial charge on any atom is 0.251 e. The minimum Gasteiger partial charge on any atom is -0.352 e. The Morgan fingerprint density at radius 3 is 2.63 bits per heavy atom. The summed E-state index contributed by atoms with van der Waals surface area (Å²) in [6, 6.07) is 19.9. The van der Waals surface area contributed by atoms with Crippen LogP contribution in [0.2, 0.25) is 0 Å². The largest absolute Gasteiger partial charge is 0.352 e. The summed E-state index contributed by atoms with van der Waals surface area (Å²) >= 11 is 1.68. The van der Waals surface area contributed by atoms with Crippen LogP contribution < -0.4 is 5.32 Å². The van der Waals surface area contributed by atoms with Gasteiger partial charge in [-0.1, -0.05) is 59.3 Å². The number of nitrogens with one attached hydrogen (secondary N) is 1. The Balaban J connectivity index is 1.38. The number of carbonyl (C=O) groups is 1. The Morgan fingerprint density at radius 1 is 1.00 bits per heavy atom. The molecule has 0 saturated carbocycles. The zero-order valence-corrected chi connectivity index (χ0v) is 17.8. The van der Waals surface area contributed by atoms with Crippen LogP contribution in [0.3, 0.4) is 0 Å². The van der Waals surface area contributed by atoms with Crippen molar-refractivity contribution in [3.63, 3.8) is 0 Å². The third-order valence-electron chi connectivity index (χ3n) is 4.72. The van der Waals surface area contributed by atoms with Gasteiger partial charge >= 0.3 is 0 Å². The number of thioether (sulfide) groups is 1. The number of nitrogens with zero attached hydrogens (tertiary/aromatic N) is 4. The van der Waals surface area contributed by atoms with Gasteiger partial charge in [0.1, 0.15) is 5.03 Å². The van der Waals surface area contributed by atoms with Crippen LogP contribution in [0, 0.1) is 13.8 Å². The minimum atomic E-state index is -0.0915. The molecule has 2 heterocycles. The summed E-state index contributed by atoms with van der Waals surface area (Å²) in [6.07, 6.45) is 0.553. The minimum absolute atomic E-state index is 0.0915. The molecule has 7 heteroatoms. The van der Waals surface area contributed by atoms with Gasteiger partial charge in [-0.3, -0.25) is 4.79 Å². The molecule has 2 aromatic carbocycles. The zero-order valence-electron chi connectivity index (χ0n) is 17.0. The van der Waals surface area contributed by atoms with E-state index in [-0.39, 0.29) is 5.91 Å². The van der Waals surface area contributed by atoms with E-state index in [0.717, 1.165) is 22.2 Å². The van der Waals surface area contributed by atoms with Crippen molar-refractivity contribution in [3.05, 3.63) is 88.7 Å². The Morgan fingerprint density at radius 2 is 1.83 bits per heavy atom. The van der Waals surface area contributed by atoms with E-state index in [2.05, 4.69) is 51.8 Å². The highest BCUT2D eigenvalue weighted by Crippen LogP contribution is 2.21. The second-order valence-electron chi connectivity index (χ2n) is 7.21. The molecule has 0 aliphatic carbocycles. The van der Waals surface area contributed by atoms with E-state index in [0.29, 0.717) is 24.2 Å². The standard InChI is InChI=1S/C23H23N5OS/c1-16-6-8-19(9-7-16)23(29)24-13-12-21-26-25-20-10-11-22(27-28(20)21)30-15-18-5-3-4-17(2)14-18/h3-11,14H,12-13,15H2,1-2H3,(H,24,29). The predicted molar refractivity (Wildman–Crippen MR) is 119 cm³/mol. The van der Waals surface area contributed by atoms with Gasteiger partial charge < -0.3 is 5.32 Å². The van der Waals surface area contributed by atoms with Gasteiger partial charge in [-0.05, 0) is 43.7 Å². The monoisotopic (exact) mass is 417 g/mol. The van der Waals surface area contributed by atoms with Crippen molar-refractivity contribution < 1.29 is 4.79 Å². The smallest absolute Gasteiger partial charge is 0.251 e. The molecule has 4 rings (SSSR count). The summed E-state index contributed by atoms with van der Waals surface area (Å²) in [4.78, 5) is 12.3. The van der Waals surface area contributed by atoms with Gasteiger partial charge in [-0.25, -0.2) is 0 Å². The van der Waals surface area contributed by atoms with Crippen LogP contribution in [0.25, 0.3) is 5.65 Å². The van der Waals surface area contributed by atoms with Gasteiger partial charge in [0.25, 0.3) is 5.91 Å². The number of hydrogen-bond donors (Lipinski definition) is 1. The van der Waals surface area contributed by atoms with Crippen molar-refractivity contribution in [2.75, 3.05) is 6.54 Å². The summed E-state index contributed by atoms with van der Waals surface area (Å²) in [5, 5.41) is 16.9. The van der Waals surface area contributed by atoms with Crippen LogP contribution in [0.4, 0.5) is 0 Å². The molecule has 1 amide bonds. The number of aromatic nitrogens is 4. The summed E-state index contributed by atoms with van der Waals surface area (Å²) in [5.41, 5.74) is 5.01. The Kier molecular flexibility index (Phi) is 6.09. The molecular formula is C23H23N5OS. The lowest BCUT2D eigenvalue weighted by molar-refractivity contribution is 0.0954. The number of fused-ring (bicyclic) bond motifs is 1. The lowest BCUT2D eigenvalue weighted by Crippen LogP contribution is -2.26. The molecule has 0 atom stereocenters. The number of aryl methyl sites for hydroxylation is 2. The molecule has 6 nitrogen and oxygen atoms in total. The summed E-state index contributed by atoms with van der Waals surface area (Å²) in [6.45, 7) is 4.56. The van der Waals surface area contributed by atoms with Crippen molar-refractivity contribution in [1.29, 1.82) is 0 Å². The number of hydrogen-bond acceptors (Lipinski definition) is 5. The third-order valence-corrected chi connectivity index (χ3v) is 5.71. The van der Waals surface area contributed by atoms with Crippen LogP contribution in [-0.4, -0.2) is 32.3 Å². The van der Waals surface area contributed by atoms with Crippen LogP contribution in [-0.2, 0) is 12.2 Å². The van der Waals surface area contributed by atoms with E-state index < -0.39 is 0 Å². The average Bonchev–Trinajstić information content (AvgIpc) is 3.15. The highest BCUT2D eigenvalue weighted by Gasteiger charge is 2.10. The lowest BCUT2D eigenvalue weighted by atomic mass is 10.1. The molecule has 0 aliphatic rings. The fourth-order valence-electron chi connectivity index (χ4n) is 3.10. The van der Waals surface area contributed by atoms with Gasteiger partial charge in [-0.15, -0.1) is 10.2 Å². The Labute approximate surface area is 179 Å².